The van der Waals surface area contributed by atoms with Crippen LogP contribution in [0.4, 0.5) is 0 Å². The van der Waals surface area contributed by atoms with Crippen molar-refractivity contribution < 1.29 is 0 Å². The van der Waals surface area contributed by atoms with Crippen LogP contribution in [0.2, 0.25) is 0 Å². The van der Waals surface area contributed by atoms with E-state index in [0.29, 0.717) is 0 Å². The molecule has 0 saturated heterocycles. The molecule has 4 rings (SSSR count). The van der Waals surface area contributed by atoms with Crippen LogP contribution in [0.15, 0.2) is 121 Å². The van der Waals surface area contributed by atoms with E-state index in [4.69, 9.17) is 0 Å². The Hall–Kier alpha value is -2.26. The van der Waals surface area contributed by atoms with Crippen molar-refractivity contribution in [2.75, 3.05) is 0 Å². The minimum Gasteiger partial charge on any atom is -0.259 e. The van der Waals surface area contributed by atoms with E-state index in [9.17, 15) is 0 Å². The zero-order valence-corrected chi connectivity index (χ0v) is 16.8. The highest BCUT2D eigenvalue weighted by molar-refractivity contribution is 7.91. The predicted molar refractivity (Wildman–Crippen MR) is 122 cm³/mol. The molecule has 4 aromatic rings. The van der Waals surface area contributed by atoms with Crippen molar-refractivity contribution in [2.24, 2.45) is 0 Å². The molecular weight excluding hydrogens is 362 g/mol. The van der Waals surface area contributed by atoms with Gasteiger partial charge in [-0.2, -0.15) is 15.8 Å². The molecule has 4 aromatic carbocycles. The maximum Gasteiger partial charge on any atom is -0.0502 e. The Bertz CT molecular complexity index is 778. The molecule has 0 aliphatic rings. The zero-order chi connectivity index (χ0) is 18.3. The van der Waals surface area contributed by atoms with Crippen LogP contribution in [0.25, 0.3) is 0 Å². The maximum absolute atomic E-state index is 2.61. The second kappa shape index (κ2) is 9.09. The standard InChI is InChI=1S/C25H21P2/c1-5-13-22(14-6-1)26(23-15-7-2-8-16-23)21-27(24-17-9-3-10-18-24)25-19-11-4-12-20-25/h1-21H/q-1. The van der Waals surface area contributed by atoms with Gasteiger partial charge in [0, 0.05) is 0 Å². The van der Waals surface area contributed by atoms with Crippen molar-refractivity contribution in [3.05, 3.63) is 127 Å². The number of benzene rings is 4. The molecule has 2 heteroatoms. The van der Waals surface area contributed by atoms with Crippen LogP contribution >= 0.6 is 15.8 Å². The molecule has 0 aliphatic heterocycles. The Balaban J connectivity index is 1.77. The monoisotopic (exact) mass is 383 g/mol. The molecule has 0 N–H and O–H groups in total. The quantitative estimate of drug-likeness (QED) is 0.310. The van der Waals surface area contributed by atoms with Crippen molar-refractivity contribution in [1.29, 1.82) is 0 Å². The van der Waals surface area contributed by atoms with Gasteiger partial charge in [0.2, 0.25) is 0 Å². The van der Waals surface area contributed by atoms with Crippen molar-refractivity contribution >= 4 is 37.1 Å². The molecule has 0 radical (unpaired) electrons. The zero-order valence-electron chi connectivity index (χ0n) is 15.0. The van der Waals surface area contributed by atoms with Crippen LogP contribution in [0.3, 0.4) is 0 Å². The average Bonchev–Trinajstić information content (AvgIpc) is 2.77. The Kier molecular flexibility index (Phi) is 6.10. The van der Waals surface area contributed by atoms with Gasteiger partial charge in [0.25, 0.3) is 0 Å². The van der Waals surface area contributed by atoms with Gasteiger partial charge in [-0.1, -0.05) is 143 Å². The summed E-state index contributed by atoms with van der Waals surface area (Å²) >= 11 is 0. The average molecular weight is 383 g/mol. The van der Waals surface area contributed by atoms with Crippen molar-refractivity contribution in [3.8, 4) is 0 Å². The van der Waals surface area contributed by atoms with E-state index in [1.165, 1.54) is 21.2 Å². The molecule has 0 heterocycles. The van der Waals surface area contributed by atoms with E-state index in [0.717, 1.165) is 0 Å². The van der Waals surface area contributed by atoms with Gasteiger partial charge in [-0.3, -0.25) is 5.90 Å². The van der Waals surface area contributed by atoms with Crippen LogP contribution in [0.5, 0.6) is 0 Å². The smallest absolute Gasteiger partial charge is 0.0502 e. The molecule has 0 unspecified atom stereocenters. The fourth-order valence-corrected chi connectivity index (χ4v) is 8.66. The largest absolute Gasteiger partial charge is 0.259 e. The normalized spacial score (nSPS) is 11.0. The molecule has 0 bridgehead atoms. The van der Waals surface area contributed by atoms with Crippen LogP contribution in [0.1, 0.15) is 0 Å². The minimum atomic E-state index is -0.534. The lowest BCUT2D eigenvalue weighted by molar-refractivity contribution is 1.74. The number of hydrogen-bond acceptors (Lipinski definition) is 0. The lowest BCUT2D eigenvalue weighted by Gasteiger charge is -2.37. The van der Waals surface area contributed by atoms with E-state index in [-0.39, 0.29) is 0 Å². The Morgan fingerprint density at radius 2 is 0.556 bits per heavy atom. The first kappa shape index (κ1) is 18.1. The van der Waals surface area contributed by atoms with Crippen LogP contribution < -0.4 is 21.2 Å². The molecule has 0 nitrogen and oxygen atoms in total. The summed E-state index contributed by atoms with van der Waals surface area (Å²) in [6.07, 6.45) is 0. The highest BCUT2D eigenvalue weighted by Gasteiger charge is 2.12. The highest BCUT2D eigenvalue weighted by atomic mass is 31.2. The molecule has 0 atom stereocenters. The van der Waals surface area contributed by atoms with Crippen LogP contribution in [-0.4, -0.2) is 0 Å². The molecular formula is C25H21P2-. The van der Waals surface area contributed by atoms with Gasteiger partial charge in [-0.05, 0) is 0 Å². The fourth-order valence-electron chi connectivity index (χ4n) is 3.03. The third-order valence-electron chi connectivity index (χ3n) is 4.37. The van der Waals surface area contributed by atoms with Gasteiger partial charge in [-0.25, -0.2) is 0 Å². The molecule has 0 spiro atoms. The van der Waals surface area contributed by atoms with Crippen molar-refractivity contribution in [1.82, 2.24) is 0 Å². The van der Waals surface area contributed by atoms with Crippen LogP contribution in [-0.2, 0) is 0 Å². The van der Waals surface area contributed by atoms with E-state index in [1.54, 1.807) is 0 Å². The van der Waals surface area contributed by atoms with Gasteiger partial charge in [0.15, 0.2) is 0 Å². The topological polar surface area (TPSA) is 0 Å². The van der Waals surface area contributed by atoms with Gasteiger partial charge < -0.3 is 0 Å². The summed E-state index contributed by atoms with van der Waals surface area (Å²) in [7, 11) is -1.07. The minimum absolute atomic E-state index is 0.534. The summed E-state index contributed by atoms with van der Waals surface area (Å²) in [5, 5.41) is 5.60. The van der Waals surface area contributed by atoms with E-state index < -0.39 is 15.8 Å². The molecule has 0 aliphatic carbocycles. The first-order valence-corrected chi connectivity index (χ1v) is 11.9. The van der Waals surface area contributed by atoms with E-state index in [1.807, 2.05) is 0 Å². The third-order valence-corrected chi connectivity index (χ3v) is 9.63. The third kappa shape index (κ3) is 4.54. The lowest BCUT2D eigenvalue weighted by Crippen LogP contribution is -2.16. The summed E-state index contributed by atoms with van der Waals surface area (Å²) in [6, 6.07) is 43.7. The molecule has 0 saturated carbocycles. The first-order valence-electron chi connectivity index (χ1n) is 9.05. The summed E-state index contributed by atoms with van der Waals surface area (Å²) in [6.45, 7) is 0. The maximum atomic E-state index is 2.61. The van der Waals surface area contributed by atoms with Crippen molar-refractivity contribution in [2.45, 2.75) is 0 Å². The van der Waals surface area contributed by atoms with Gasteiger partial charge in [-0.15, -0.1) is 0 Å². The van der Waals surface area contributed by atoms with E-state index >= 15 is 0 Å². The lowest BCUT2D eigenvalue weighted by atomic mass is 10.4. The Labute approximate surface area is 164 Å². The summed E-state index contributed by atoms with van der Waals surface area (Å²) < 4.78 is 0. The fraction of sp³-hybridized carbons (Fsp3) is 0. The van der Waals surface area contributed by atoms with Crippen LogP contribution in [0, 0.1) is 5.90 Å². The molecule has 132 valence electrons. The summed E-state index contributed by atoms with van der Waals surface area (Å²) in [4.78, 5) is 0. The van der Waals surface area contributed by atoms with Gasteiger partial charge in [0.1, 0.15) is 0 Å². The molecule has 0 fully saturated rings. The predicted octanol–water partition coefficient (Wildman–Crippen LogP) is 5.37. The molecule has 0 aromatic heterocycles. The first-order chi connectivity index (χ1) is 13.4. The highest BCUT2D eigenvalue weighted by Crippen LogP contribution is 2.53. The van der Waals surface area contributed by atoms with Gasteiger partial charge in [0.05, 0.1) is 0 Å². The SMILES string of the molecule is c1ccc(P([CH-]P(c2ccccc2)c2ccccc2)c2ccccc2)cc1. The summed E-state index contributed by atoms with van der Waals surface area (Å²) in [5.41, 5.74) is 0. The van der Waals surface area contributed by atoms with Crippen molar-refractivity contribution in [3.63, 3.8) is 0 Å². The Morgan fingerprint density at radius 3 is 0.778 bits per heavy atom. The number of rotatable bonds is 6. The van der Waals surface area contributed by atoms with Gasteiger partial charge >= 0.3 is 0 Å². The number of hydrogen-bond donors (Lipinski definition) is 0. The van der Waals surface area contributed by atoms with E-state index in [2.05, 4.69) is 127 Å². The molecule has 0 amide bonds. The summed E-state index contributed by atoms with van der Waals surface area (Å²) in [5.74, 6) is 2.61. The second-order valence-corrected chi connectivity index (χ2v) is 10.7. The Morgan fingerprint density at radius 1 is 0.333 bits per heavy atom. The second-order valence-electron chi connectivity index (χ2n) is 6.20. The molecule has 27 heavy (non-hydrogen) atoms.